The van der Waals surface area contributed by atoms with Crippen LogP contribution in [0.1, 0.15) is 32.8 Å². The molecule has 7 heteroatoms. The summed E-state index contributed by atoms with van der Waals surface area (Å²) >= 11 is 0. The minimum absolute atomic E-state index is 0.00295. The van der Waals surface area contributed by atoms with E-state index >= 15 is 0 Å². The van der Waals surface area contributed by atoms with Crippen LogP contribution in [-0.2, 0) is 16.1 Å². The normalized spacial score (nSPS) is 26.2. The van der Waals surface area contributed by atoms with E-state index in [4.69, 9.17) is 4.74 Å². The molecule has 1 aromatic carbocycles. The Hall–Kier alpha value is -2.83. The minimum atomic E-state index is -0.137. The highest BCUT2D eigenvalue weighted by Gasteiger charge is 2.58. The van der Waals surface area contributed by atoms with E-state index in [0.717, 1.165) is 24.3 Å². The first-order chi connectivity index (χ1) is 15.5. The zero-order valence-corrected chi connectivity index (χ0v) is 19.2. The van der Waals surface area contributed by atoms with Crippen LogP contribution in [0.2, 0.25) is 0 Å². The SMILES string of the molecule is CCNC(=NCc1ccccc1OCC(C)C)NCCN1C(=O)C2C3C=CC(C3)C2C1=O. The molecule has 1 saturated carbocycles. The van der Waals surface area contributed by atoms with E-state index < -0.39 is 0 Å². The maximum atomic E-state index is 12.8. The largest absolute Gasteiger partial charge is 0.493 e. The molecule has 4 atom stereocenters. The van der Waals surface area contributed by atoms with Crippen molar-refractivity contribution in [2.24, 2.45) is 34.6 Å². The number of para-hydroxylation sites is 1. The standard InChI is InChI=1S/C25H34N4O3/c1-4-26-25(28-14-19-7-5-6-8-20(19)32-15-16(2)3)27-11-12-29-23(30)21-17-9-10-18(13-17)22(21)24(29)31/h5-10,16-18,21-22H,4,11-15H2,1-3H3,(H2,26,27,28). The number of benzene rings is 1. The van der Waals surface area contributed by atoms with E-state index in [1.807, 2.05) is 31.2 Å². The molecule has 0 aromatic heterocycles. The van der Waals surface area contributed by atoms with Crippen LogP contribution in [0.5, 0.6) is 5.75 Å². The zero-order valence-electron chi connectivity index (χ0n) is 19.2. The number of nitrogens with zero attached hydrogens (tertiary/aromatic N) is 2. The van der Waals surface area contributed by atoms with Gasteiger partial charge in [-0.15, -0.1) is 0 Å². The van der Waals surface area contributed by atoms with Gasteiger partial charge < -0.3 is 15.4 Å². The van der Waals surface area contributed by atoms with Crippen molar-refractivity contribution in [3.8, 4) is 5.75 Å². The summed E-state index contributed by atoms with van der Waals surface area (Å²) in [5.74, 6) is 2.17. The third kappa shape index (κ3) is 4.52. The lowest BCUT2D eigenvalue weighted by Gasteiger charge is -2.19. The molecule has 2 N–H and O–H groups in total. The molecule has 2 amide bonds. The van der Waals surface area contributed by atoms with Gasteiger partial charge in [0, 0.05) is 25.2 Å². The van der Waals surface area contributed by atoms with Crippen LogP contribution in [0.25, 0.3) is 0 Å². The van der Waals surface area contributed by atoms with Crippen LogP contribution in [0, 0.1) is 29.6 Å². The van der Waals surface area contributed by atoms with Gasteiger partial charge >= 0.3 is 0 Å². The quantitative estimate of drug-likeness (QED) is 0.268. The first-order valence-electron chi connectivity index (χ1n) is 11.8. The van der Waals surface area contributed by atoms with Gasteiger partial charge in [-0.25, -0.2) is 4.99 Å². The topological polar surface area (TPSA) is 83.0 Å². The number of carbonyl (C=O) groups is 2. The highest BCUT2D eigenvalue weighted by molar-refractivity contribution is 6.06. The number of carbonyl (C=O) groups excluding carboxylic acids is 2. The van der Waals surface area contributed by atoms with Gasteiger partial charge in [0.05, 0.1) is 25.0 Å². The van der Waals surface area contributed by atoms with Gasteiger partial charge in [-0.1, -0.05) is 44.2 Å². The summed E-state index contributed by atoms with van der Waals surface area (Å²) < 4.78 is 5.92. The summed E-state index contributed by atoms with van der Waals surface area (Å²) in [6.45, 7) is 8.95. The Balaban J connectivity index is 1.33. The number of hydrogen-bond acceptors (Lipinski definition) is 4. The van der Waals surface area contributed by atoms with Crippen LogP contribution in [0.4, 0.5) is 0 Å². The van der Waals surface area contributed by atoms with E-state index in [9.17, 15) is 9.59 Å². The van der Waals surface area contributed by atoms with Crippen molar-refractivity contribution < 1.29 is 14.3 Å². The highest BCUT2D eigenvalue weighted by atomic mass is 16.5. The van der Waals surface area contributed by atoms with Crippen LogP contribution in [0.3, 0.4) is 0 Å². The first kappa shape index (κ1) is 22.4. The lowest BCUT2D eigenvalue weighted by Crippen LogP contribution is -2.43. The maximum Gasteiger partial charge on any atom is 0.233 e. The van der Waals surface area contributed by atoms with Crippen molar-refractivity contribution in [1.82, 2.24) is 15.5 Å². The third-order valence-electron chi connectivity index (χ3n) is 6.49. The summed E-state index contributed by atoms with van der Waals surface area (Å²) in [4.78, 5) is 31.8. The molecule has 7 nitrogen and oxygen atoms in total. The molecule has 1 saturated heterocycles. The molecule has 4 rings (SSSR count). The molecule has 4 unspecified atom stereocenters. The number of aliphatic imine (C=N–C) groups is 1. The van der Waals surface area contributed by atoms with Crippen molar-refractivity contribution in [3.63, 3.8) is 0 Å². The zero-order chi connectivity index (χ0) is 22.7. The highest BCUT2D eigenvalue weighted by Crippen LogP contribution is 2.52. The number of rotatable bonds is 9. The van der Waals surface area contributed by atoms with E-state index in [1.165, 1.54) is 4.90 Å². The fourth-order valence-electron chi connectivity index (χ4n) is 5.01. The lowest BCUT2D eigenvalue weighted by atomic mass is 9.85. The van der Waals surface area contributed by atoms with Crippen molar-refractivity contribution in [2.45, 2.75) is 33.7 Å². The molecule has 1 aromatic rings. The monoisotopic (exact) mass is 438 g/mol. The number of nitrogens with one attached hydrogen (secondary N) is 2. The van der Waals surface area contributed by atoms with E-state index in [-0.39, 0.29) is 35.5 Å². The van der Waals surface area contributed by atoms with Gasteiger partial charge in [0.25, 0.3) is 0 Å². The number of allylic oxidation sites excluding steroid dienone is 2. The second-order valence-electron chi connectivity index (χ2n) is 9.26. The summed E-state index contributed by atoms with van der Waals surface area (Å²) in [6, 6.07) is 7.94. The van der Waals surface area contributed by atoms with Crippen LogP contribution in [-0.4, -0.2) is 48.9 Å². The first-order valence-corrected chi connectivity index (χ1v) is 11.8. The molecule has 2 fully saturated rings. The fourth-order valence-corrected chi connectivity index (χ4v) is 5.01. The number of guanidine groups is 1. The molecular formula is C25H34N4O3. The Morgan fingerprint density at radius 1 is 1.12 bits per heavy atom. The Morgan fingerprint density at radius 3 is 2.47 bits per heavy atom. The Labute approximate surface area is 190 Å². The fraction of sp³-hybridized carbons (Fsp3) is 0.560. The molecule has 1 heterocycles. The summed E-state index contributed by atoms with van der Waals surface area (Å²) in [5, 5.41) is 6.50. The average Bonchev–Trinajstić information content (AvgIpc) is 3.46. The lowest BCUT2D eigenvalue weighted by molar-refractivity contribution is -0.140. The summed E-state index contributed by atoms with van der Waals surface area (Å²) in [5.41, 5.74) is 1.02. The van der Waals surface area contributed by atoms with Crippen LogP contribution >= 0.6 is 0 Å². The predicted octanol–water partition coefficient (Wildman–Crippen LogP) is 2.58. The van der Waals surface area contributed by atoms with E-state index in [1.54, 1.807) is 0 Å². The number of imide groups is 1. The summed E-state index contributed by atoms with van der Waals surface area (Å²) in [7, 11) is 0. The second kappa shape index (κ2) is 9.76. The predicted molar refractivity (Wildman–Crippen MR) is 124 cm³/mol. The van der Waals surface area contributed by atoms with E-state index in [0.29, 0.717) is 38.1 Å². The number of ether oxygens (including phenoxy) is 1. The second-order valence-corrected chi connectivity index (χ2v) is 9.26. The van der Waals surface area contributed by atoms with Gasteiger partial charge in [-0.3, -0.25) is 14.5 Å². The molecule has 2 bridgehead atoms. The van der Waals surface area contributed by atoms with Gasteiger partial charge in [-0.2, -0.15) is 0 Å². The molecule has 1 aliphatic heterocycles. The van der Waals surface area contributed by atoms with Crippen LogP contribution < -0.4 is 15.4 Å². The number of fused-ring (bicyclic) bond motifs is 5. The number of amides is 2. The third-order valence-corrected chi connectivity index (χ3v) is 6.49. The van der Waals surface area contributed by atoms with Crippen molar-refractivity contribution >= 4 is 17.8 Å². The van der Waals surface area contributed by atoms with Crippen molar-refractivity contribution in [1.29, 1.82) is 0 Å². The van der Waals surface area contributed by atoms with Gasteiger partial charge in [0.15, 0.2) is 5.96 Å². The summed E-state index contributed by atoms with van der Waals surface area (Å²) in [6.07, 6.45) is 5.20. The molecule has 2 aliphatic carbocycles. The average molecular weight is 439 g/mol. The molecular weight excluding hydrogens is 404 g/mol. The van der Waals surface area contributed by atoms with Crippen molar-refractivity contribution in [2.75, 3.05) is 26.2 Å². The minimum Gasteiger partial charge on any atom is -0.493 e. The van der Waals surface area contributed by atoms with Gasteiger partial charge in [-0.05, 0) is 37.2 Å². The molecule has 3 aliphatic rings. The Morgan fingerprint density at radius 2 is 1.81 bits per heavy atom. The Kier molecular flexibility index (Phi) is 6.82. The molecule has 0 spiro atoms. The van der Waals surface area contributed by atoms with Crippen LogP contribution in [0.15, 0.2) is 41.4 Å². The molecule has 0 radical (unpaired) electrons. The van der Waals surface area contributed by atoms with Gasteiger partial charge in [0.2, 0.25) is 11.8 Å². The number of hydrogen-bond donors (Lipinski definition) is 2. The van der Waals surface area contributed by atoms with Crippen molar-refractivity contribution in [3.05, 3.63) is 42.0 Å². The maximum absolute atomic E-state index is 12.8. The number of likely N-dealkylation sites (tertiary alicyclic amines) is 1. The molecule has 32 heavy (non-hydrogen) atoms. The Bertz CT molecular complexity index is 880. The van der Waals surface area contributed by atoms with Gasteiger partial charge in [0.1, 0.15) is 5.75 Å². The smallest absolute Gasteiger partial charge is 0.233 e. The van der Waals surface area contributed by atoms with E-state index in [2.05, 4.69) is 41.6 Å². The molecule has 172 valence electrons.